The number of anilines is 1. The minimum atomic E-state index is -0.202. The van der Waals surface area contributed by atoms with E-state index >= 15 is 0 Å². The first-order valence-electron chi connectivity index (χ1n) is 7.44. The molecule has 5 heteroatoms. The van der Waals surface area contributed by atoms with Crippen molar-refractivity contribution >= 4 is 11.6 Å². The van der Waals surface area contributed by atoms with Gasteiger partial charge in [0.25, 0.3) is 0 Å². The second kappa shape index (κ2) is 8.10. The smallest absolute Gasteiger partial charge is 0.226 e. The van der Waals surface area contributed by atoms with Crippen molar-refractivity contribution < 1.29 is 9.53 Å². The van der Waals surface area contributed by atoms with Crippen LogP contribution in [0.2, 0.25) is 0 Å². The monoisotopic (exact) mass is 311 g/mol. The lowest BCUT2D eigenvalue weighted by Gasteiger charge is -2.14. The van der Waals surface area contributed by atoms with Crippen molar-refractivity contribution in [1.82, 2.24) is 4.98 Å². The zero-order valence-corrected chi connectivity index (χ0v) is 13.2. The summed E-state index contributed by atoms with van der Waals surface area (Å²) >= 11 is 0. The van der Waals surface area contributed by atoms with Gasteiger partial charge in [-0.25, -0.2) is 0 Å². The van der Waals surface area contributed by atoms with Crippen molar-refractivity contribution in [3.05, 3.63) is 55.3 Å². The lowest BCUT2D eigenvalue weighted by molar-refractivity contribution is -0.116. The van der Waals surface area contributed by atoms with Gasteiger partial charge in [-0.1, -0.05) is 18.7 Å². The minimum absolute atomic E-state index is 0.151. The molecular weight excluding hydrogens is 290 g/mol. The van der Waals surface area contributed by atoms with Crippen LogP contribution in [0.25, 0.3) is 11.3 Å². The number of ether oxygens (including phenoxy) is 1. The molecule has 2 aromatic rings. The Hall–Kier alpha value is -2.66. The summed E-state index contributed by atoms with van der Waals surface area (Å²) in [7, 11) is 0. The highest BCUT2D eigenvalue weighted by Gasteiger charge is 2.11. The zero-order chi connectivity index (χ0) is 16.7. The summed E-state index contributed by atoms with van der Waals surface area (Å²) in [5, 5.41) is 2.85. The van der Waals surface area contributed by atoms with Gasteiger partial charge < -0.3 is 15.8 Å². The standard InChI is InChI=1S/C18H21N3O2/c1-3-10-23-17-8-7-14(15-6-4-5-9-20-15)12-16(17)21-18(22)11-13(2)19/h3-9,12-13H,1,10-11,19H2,2H3,(H,21,22). The Morgan fingerprint density at radius 3 is 2.91 bits per heavy atom. The van der Waals surface area contributed by atoms with Crippen LogP contribution in [-0.4, -0.2) is 23.5 Å². The molecule has 0 aliphatic rings. The fraction of sp³-hybridized carbons (Fsp3) is 0.222. The number of carbonyl (C=O) groups is 1. The molecule has 120 valence electrons. The van der Waals surface area contributed by atoms with Crippen LogP contribution in [0.4, 0.5) is 5.69 Å². The number of carbonyl (C=O) groups excluding carboxylic acids is 1. The maximum atomic E-state index is 12.0. The molecule has 1 amide bonds. The van der Waals surface area contributed by atoms with Gasteiger partial charge in [0, 0.05) is 24.2 Å². The van der Waals surface area contributed by atoms with Crippen molar-refractivity contribution in [2.45, 2.75) is 19.4 Å². The van der Waals surface area contributed by atoms with Gasteiger partial charge in [-0.15, -0.1) is 0 Å². The van der Waals surface area contributed by atoms with E-state index in [0.717, 1.165) is 11.3 Å². The zero-order valence-electron chi connectivity index (χ0n) is 13.2. The van der Waals surface area contributed by atoms with E-state index in [1.54, 1.807) is 19.2 Å². The van der Waals surface area contributed by atoms with Crippen molar-refractivity contribution in [3.8, 4) is 17.0 Å². The van der Waals surface area contributed by atoms with E-state index in [0.29, 0.717) is 18.0 Å². The van der Waals surface area contributed by atoms with Crippen LogP contribution in [-0.2, 0) is 4.79 Å². The van der Waals surface area contributed by atoms with Gasteiger partial charge in [-0.05, 0) is 37.3 Å². The average Bonchev–Trinajstić information content (AvgIpc) is 2.53. The SMILES string of the molecule is C=CCOc1ccc(-c2ccccn2)cc1NC(=O)CC(C)N. The number of hydrogen-bond donors (Lipinski definition) is 2. The number of hydrogen-bond acceptors (Lipinski definition) is 4. The summed E-state index contributed by atoms with van der Waals surface area (Å²) in [5.74, 6) is 0.434. The Morgan fingerprint density at radius 1 is 1.43 bits per heavy atom. The molecule has 0 aliphatic heterocycles. The van der Waals surface area contributed by atoms with Crippen molar-refractivity contribution in [2.24, 2.45) is 5.73 Å². The summed E-state index contributed by atoms with van der Waals surface area (Å²) in [6.07, 6.45) is 3.63. The average molecular weight is 311 g/mol. The molecule has 1 aromatic heterocycles. The molecule has 5 nitrogen and oxygen atoms in total. The quantitative estimate of drug-likeness (QED) is 0.771. The van der Waals surface area contributed by atoms with E-state index in [2.05, 4.69) is 16.9 Å². The van der Waals surface area contributed by atoms with Crippen molar-refractivity contribution in [2.75, 3.05) is 11.9 Å². The number of rotatable bonds is 7. The Balaban J connectivity index is 2.30. The van der Waals surface area contributed by atoms with Crippen LogP contribution in [0.15, 0.2) is 55.3 Å². The molecule has 0 radical (unpaired) electrons. The third-order valence-corrected chi connectivity index (χ3v) is 3.08. The maximum absolute atomic E-state index is 12.0. The number of aromatic nitrogens is 1. The van der Waals surface area contributed by atoms with Crippen LogP contribution < -0.4 is 15.8 Å². The summed E-state index contributed by atoms with van der Waals surface area (Å²) in [4.78, 5) is 16.3. The van der Waals surface area contributed by atoms with E-state index in [1.165, 1.54) is 0 Å². The second-order valence-electron chi connectivity index (χ2n) is 5.26. The predicted molar refractivity (Wildman–Crippen MR) is 92.3 cm³/mol. The normalized spacial score (nSPS) is 11.6. The molecule has 2 rings (SSSR count). The molecule has 0 bridgehead atoms. The summed E-state index contributed by atoms with van der Waals surface area (Å²) < 4.78 is 5.60. The molecule has 0 aliphatic carbocycles. The molecule has 1 heterocycles. The van der Waals surface area contributed by atoms with E-state index in [1.807, 2.05) is 36.4 Å². The lowest BCUT2D eigenvalue weighted by Crippen LogP contribution is -2.24. The van der Waals surface area contributed by atoms with E-state index in [-0.39, 0.29) is 18.4 Å². The number of benzene rings is 1. The van der Waals surface area contributed by atoms with Gasteiger partial charge in [0.05, 0.1) is 11.4 Å². The number of nitrogens with zero attached hydrogens (tertiary/aromatic N) is 1. The molecule has 0 saturated heterocycles. The third-order valence-electron chi connectivity index (χ3n) is 3.08. The number of amides is 1. The predicted octanol–water partition coefficient (Wildman–Crippen LogP) is 2.99. The Morgan fingerprint density at radius 2 is 2.26 bits per heavy atom. The first-order valence-corrected chi connectivity index (χ1v) is 7.44. The topological polar surface area (TPSA) is 77.2 Å². The first-order chi connectivity index (χ1) is 11.1. The fourth-order valence-electron chi connectivity index (χ4n) is 2.09. The highest BCUT2D eigenvalue weighted by atomic mass is 16.5. The first kappa shape index (κ1) is 16.7. The molecular formula is C18H21N3O2. The van der Waals surface area contributed by atoms with Gasteiger partial charge in [0.1, 0.15) is 12.4 Å². The summed E-state index contributed by atoms with van der Waals surface area (Å²) in [6, 6.07) is 11.0. The maximum Gasteiger partial charge on any atom is 0.226 e. The van der Waals surface area contributed by atoms with E-state index in [9.17, 15) is 4.79 Å². The van der Waals surface area contributed by atoms with Crippen LogP contribution in [0.1, 0.15) is 13.3 Å². The summed E-state index contributed by atoms with van der Waals surface area (Å²) in [6.45, 7) is 5.78. The molecule has 23 heavy (non-hydrogen) atoms. The van der Waals surface area contributed by atoms with Crippen molar-refractivity contribution in [3.63, 3.8) is 0 Å². The molecule has 1 atom stereocenters. The lowest BCUT2D eigenvalue weighted by atomic mass is 10.1. The van der Waals surface area contributed by atoms with Gasteiger partial charge in [0.2, 0.25) is 5.91 Å². The fourth-order valence-corrected chi connectivity index (χ4v) is 2.09. The molecule has 3 N–H and O–H groups in total. The highest BCUT2D eigenvalue weighted by Crippen LogP contribution is 2.30. The van der Waals surface area contributed by atoms with Gasteiger partial charge >= 0.3 is 0 Å². The van der Waals surface area contributed by atoms with E-state index in [4.69, 9.17) is 10.5 Å². The van der Waals surface area contributed by atoms with E-state index < -0.39 is 0 Å². The largest absolute Gasteiger partial charge is 0.487 e. The second-order valence-corrected chi connectivity index (χ2v) is 5.26. The molecule has 1 aromatic carbocycles. The van der Waals surface area contributed by atoms with Crippen molar-refractivity contribution in [1.29, 1.82) is 0 Å². The minimum Gasteiger partial charge on any atom is -0.487 e. The molecule has 0 spiro atoms. The summed E-state index contributed by atoms with van der Waals surface area (Å²) in [5.41, 5.74) is 7.99. The third kappa shape index (κ3) is 4.93. The Kier molecular flexibility index (Phi) is 5.88. The molecule has 0 saturated carbocycles. The number of pyridine rings is 1. The van der Waals surface area contributed by atoms with Gasteiger partial charge in [0.15, 0.2) is 0 Å². The Bertz CT molecular complexity index is 669. The molecule has 0 fully saturated rings. The van der Waals surface area contributed by atoms with Gasteiger partial charge in [-0.2, -0.15) is 0 Å². The molecule has 1 unspecified atom stereocenters. The van der Waals surface area contributed by atoms with Gasteiger partial charge in [-0.3, -0.25) is 9.78 Å². The van der Waals surface area contributed by atoms with Crippen LogP contribution in [0.3, 0.4) is 0 Å². The van der Waals surface area contributed by atoms with Crippen LogP contribution in [0.5, 0.6) is 5.75 Å². The highest BCUT2D eigenvalue weighted by molar-refractivity contribution is 5.93. The Labute approximate surface area is 136 Å². The number of nitrogens with two attached hydrogens (primary N) is 1. The number of nitrogens with one attached hydrogen (secondary N) is 1. The van der Waals surface area contributed by atoms with Crippen LogP contribution in [0, 0.1) is 0 Å². The van der Waals surface area contributed by atoms with Crippen LogP contribution >= 0.6 is 0 Å².